The van der Waals surface area contributed by atoms with E-state index in [0.717, 1.165) is 16.0 Å². The summed E-state index contributed by atoms with van der Waals surface area (Å²) in [5.41, 5.74) is 3.06. The molecule has 0 radical (unpaired) electrons. The highest BCUT2D eigenvalue weighted by molar-refractivity contribution is 7.98. The van der Waals surface area contributed by atoms with Crippen LogP contribution in [0.25, 0.3) is 22.6 Å². The first-order valence-corrected chi connectivity index (χ1v) is 10.5. The van der Waals surface area contributed by atoms with Crippen molar-refractivity contribution < 1.29 is 14.3 Å². The molecule has 0 fully saturated rings. The van der Waals surface area contributed by atoms with E-state index in [4.69, 9.17) is 4.42 Å². The van der Waals surface area contributed by atoms with Gasteiger partial charge in [-0.1, -0.05) is 24.3 Å². The van der Waals surface area contributed by atoms with E-state index in [9.17, 15) is 9.90 Å². The number of nitrogens with zero attached hydrogens (tertiary/aromatic N) is 1. The van der Waals surface area contributed by atoms with Crippen molar-refractivity contribution in [1.82, 2.24) is 4.98 Å². The van der Waals surface area contributed by atoms with Gasteiger partial charge >= 0.3 is 0 Å². The number of carbonyl (C=O) groups excluding carboxylic acids is 1. The second kappa shape index (κ2) is 9.80. The Bertz CT molecular complexity index is 1150. The lowest BCUT2D eigenvalue weighted by molar-refractivity contribution is 0.102. The molecule has 0 unspecified atom stereocenters. The Balaban J connectivity index is 0.000000806. The third kappa shape index (κ3) is 4.90. The van der Waals surface area contributed by atoms with Gasteiger partial charge < -0.3 is 14.8 Å². The Hall–Kier alpha value is -3.51. The number of para-hydroxylation sites is 2. The van der Waals surface area contributed by atoms with Crippen LogP contribution in [0.2, 0.25) is 0 Å². The summed E-state index contributed by atoms with van der Waals surface area (Å²) in [5, 5.41) is 12.9. The minimum absolute atomic E-state index is 0.0468. The zero-order chi connectivity index (χ0) is 21.5. The first kappa shape index (κ1) is 21.2. The van der Waals surface area contributed by atoms with Gasteiger partial charge in [-0.25, -0.2) is 4.98 Å². The van der Waals surface area contributed by atoms with Gasteiger partial charge in [0, 0.05) is 16.1 Å². The number of aromatic hydroxyl groups is 1. The van der Waals surface area contributed by atoms with Gasteiger partial charge in [-0.15, -0.1) is 18.3 Å². The summed E-state index contributed by atoms with van der Waals surface area (Å²) >= 11 is 1.50. The van der Waals surface area contributed by atoms with E-state index >= 15 is 0 Å². The van der Waals surface area contributed by atoms with Gasteiger partial charge in [-0.3, -0.25) is 4.79 Å². The number of oxazole rings is 1. The largest absolute Gasteiger partial charge is 0.507 e. The average Bonchev–Trinajstić information content (AvgIpc) is 3.18. The number of amides is 1. The Labute approximate surface area is 179 Å². The van der Waals surface area contributed by atoms with Crippen LogP contribution in [0.3, 0.4) is 0 Å². The molecule has 0 aliphatic heterocycles. The number of carbonyl (C=O) groups is 1. The Kier molecular flexibility index (Phi) is 6.93. The molecule has 152 valence electrons. The van der Waals surface area contributed by atoms with E-state index in [1.165, 1.54) is 11.8 Å². The molecular formula is C24H22N2O3S. The molecule has 3 aromatic carbocycles. The maximum Gasteiger partial charge on any atom is 0.259 e. The summed E-state index contributed by atoms with van der Waals surface area (Å²) in [4.78, 5) is 17.9. The van der Waals surface area contributed by atoms with Crippen LogP contribution in [0.15, 0.2) is 88.7 Å². The maximum atomic E-state index is 12.5. The normalized spacial score (nSPS) is 10.2. The van der Waals surface area contributed by atoms with Crippen molar-refractivity contribution >= 4 is 34.5 Å². The fraction of sp³-hybridized carbons (Fsp3) is 0.0833. The first-order chi connectivity index (χ1) is 14.5. The molecule has 1 aromatic heterocycles. The van der Waals surface area contributed by atoms with Crippen molar-refractivity contribution in [2.75, 3.05) is 11.6 Å². The van der Waals surface area contributed by atoms with E-state index in [1.54, 1.807) is 36.4 Å². The van der Waals surface area contributed by atoms with Crippen LogP contribution in [-0.2, 0) is 0 Å². The quantitative estimate of drug-likeness (QED) is 0.298. The number of hydrogen-bond acceptors (Lipinski definition) is 5. The zero-order valence-corrected chi connectivity index (χ0v) is 17.6. The summed E-state index contributed by atoms with van der Waals surface area (Å²) in [5.74, 6) is 0.0591. The van der Waals surface area contributed by atoms with Crippen molar-refractivity contribution in [3.05, 3.63) is 84.9 Å². The highest BCUT2D eigenvalue weighted by Gasteiger charge is 2.13. The van der Waals surface area contributed by atoms with Crippen molar-refractivity contribution in [2.45, 2.75) is 11.8 Å². The van der Waals surface area contributed by atoms with E-state index in [1.807, 2.05) is 49.6 Å². The molecule has 6 heteroatoms. The van der Waals surface area contributed by atoms with Crippen LogP contribution in [0.1, 0.15) is 17.3 Å². The number of hydrogen-bond donors (Lipinski definition) is 2. The van der Waals surface area contributed by atoms with Crippen LogP contribution >= 0.6 is 11.8 Å². The van der Waals surface area contributed by atoms with E-state index in [0.29, 0.717) is 17.2 Å². The maximum absolute atomic E-state index is 12.5. The van der Waals surface area contributed by atoms with Crippen LogP contribution in [0, 0.1) is 0 Å². The van der Waals surface area contributed by atoms with E-state index in [-0.39, 0.29) is 17.2 Å². The lowest BCUT2D eigenvalue weighted by Crippen LogP contribution is -2.12. The highest BCUT2D eigenvalue weighted by atomic mass is 32.2. The summed E-state index contributed by atoms with van der Waals surface area (Å²) in [6, 6.07) is 19.8. The summed E-state index contributed by atoms with van der Waals surface area (Å²) < 4.78 is 5.78. The number of aromatic nitrogens is 1. The molecule has 0 atom stereocenters. The molecule has 2 N–H and O–H groups in total. The number of phenols is 1. The summed E-state index contributed by atoms with van der Waals surface area (Å²) in [6.45, 7) is 5.25. The van der Waals surface area contributed by atoms with Gasteiger partial charge in [0.25, 0.3) is 5.91 Å². The first-order valence-electron chi connectivity index (χ1n) is 9.27. The molecule has 5 nitrogen and oxygen atoms in total. The predicted octanol–water partition coefficient (Wildman–Crippen LogP) is 6.37. The fourth-order valence-electron chi connectivity index (χ4n) is 2.75. The molecule has 0 saturated heterocycles. The Morgan fingerprint density at radius 3 is 2.60 bits per heavy atom. The van der Waals surface area contributed by atoms with Crippen LogP contribution < -0.4 is 5.32 Å². The molecular weight excluding hydrogens is 396 g/mol. The number of allylic oxidation sites excluding steroid dienone is 1. The summed E-state index contributed by atoms with van der Waals surface area (Å²) in [7, 11) is 0. The molecule has 1 amide bonds. The average molecular weight is 419 g/mol. The smallest absolute Gasteiger partial charge is 0.259 e. The molecule has 0 spiro atoms. The van der Waals surface area contributed by atoms with E-state index in [2.05, 4.69) is 16.9 Å². The van der Waals surface area contributed by atoms with Crippen molar-refractivity contribution in [3.63, 3.8) is 0 Å². The highest BCUT2D eigenvalue weighted by Crippen LogP contribution is 2.28. The Morgan fingerprint density at radius 2 is 1.90 bits per heavy atom. The number of phenolic OH excluding ortho intramolecular Hbond substituents is 1. The molecule has 4 aromatic rings. The lowest BCUT2D eigenvalue weighted by Gasteiger charge is -2.08. The standard InChI is InChI=1S/C21H16N2O3S.C3H6/c1-27-15-9-10-16(18(24)12-15)20(25)22-14-6-4-5-13(11-14)21-23-17-7-2-3-8-19(17)26-21;1-3-2/h2-12,24H,1H3,(H,22,25);3H,1H2,2H3. The second-order valence-corrected chi connectivity index (χ2v) is 7.19. The molecule has 0 aliphatic carbocycles. The van der Waals surface area contributed by atoms with Gasteiger partial charge in [0.15, 0.2) is 5.58 Å². The van der Waals surface area contributed by atoms with Gasteiger partial charge in [0.05, 0.1) is 5.56 Å². The SMILES string of the molecule is C=CC.CSc1ccc(C(=O)Nc2cccc(-c3nc4ccccc4o3)c2)c(O)c1. The van der Waals surface area contributed by atoms with E-state index < -0.39 is 0 Å². The third-order valence-electron chi connectivity index (χ3n) is 4.11. The molecule has 4 rings (SSSR count). The van der Waals surface area contributed by atoms with Crippen molar-refractivity contribution in [1.29, 1.82) is 0 Å². The van der Waals surface area contributed by atoms with Gasteiger partial charge in [-0.2, -0.15) is 0 Å². The summed E-state index contributed by atoms with van der Waals surface area (Å²) in [6.07, 6.45) is 3.66. The van der Waals surface area contributed by atoms with Gasteiger partial charge in [0.2, 0.25) is 5.89 Å². The zero-order valence-electron chi connectivity index (χ0n) is 16.8. The topological polar surface area (TPSA) is 75.4 Å². The van der Waals surface area contributed by atoms with Crippen molar-refractivity contribution in [3.8, 4) is 17.2 Å². The molecule has 0 bridgehead atoms. The van der Waals surface area contributed by atoms with Crippen LogP contribution in [0.5, 0.6) is 5.75 Å². The number of nitrogens with one attached hydrogen (secondary N) is 1. The van der Waals surface area contributed by atoms with Crippen LogP contribution in [-0.4, -0.2) is 22.3 Å². The van der Waals surface area contributed by atoms with Gasteiger partial charge in [0.1, 0.15) is 11.3 Å². The number of anilines is 1. The number of benzene rings is 3. The molecule has 0 saturated carbocycles. The molecule has 30 heavy (non-hydrogen) atoms. The molecule has 1 heterocycles. The lowest BCUT2D eigenvalue weighted by atomic mass is 10.1. The number of fused-ring (bicyclic) bond motifs is 1. The molecule has 0 aliphatic rings. The Morgan fingerprint density at radius 1 is 1.13 bits per heavy atom. The minimum Gasteiger partial charge on any atom is -0.507 e. The van der Waals surface area contributed by atoms with Gasteiger partial charge in [-0.05, 0) is 61.7 Å². The predicted molar refractivity (Wildman–Crippen MR) is 123 cm³/mol. The fourth-order valence-corrected chi connectivity index (χ4v) is 3.19. The third-order valence-corrected chi connectivity index (χ3v) is 4.84. The number of thioether (sulfide) groups is 1. The minimum atomic E-state index is -0.380. The number of rotatable bonds is 4. The van der Waals surface area contributed by atoms with Crippen LogP contribution in [0.4, 0.5) is 5.69 Å². The van der Waals surface area contributed by atoms with Crippen molar-refractivity contribution in [2.24, 2.45) is 0 Å². The second-order valence-electron chi connectivity index (χ2n) is 6.31. The monoisotopic (exact) mass is 418 g/mol.